The number of hydroxylamine groups is 1. The Kier molecular flexibility index (Phi) is 7.91. The number of halogens is 3. The van der Waals surface area contributed by atoms with Gasteiger partial charge in [-0.3, -0.25) is 9.23 Å². The zero-order valence-electron chi connectivity index (χ0n) is 20.2. The van der Waals surface area contributed by atoms with Crippen LogP contribution in [0.4, 0.5) is 8.78 Å². The van der Waals surface area contributed by atoms with Crippen LogP contribution in [0.3, 0.4) is 0 Å². The van der Waals surface area contributed by atoms with Gasteiger partial charge >= 0.3 is 0 Å². The van der Waals surface area contributed by atoms with E-state index in [1.54, 1.807) is 49.4 Å². The van der Waals surface area contributed by atoms with E-state index in [4.69, 9.17) is 16.4 Å². The molecule has 0 amide bonds. The van der Waals surface area contributed by atoms with E-state index in [2.05, 4.69) is 15.0 Å². The number of sulfonamides is 1. The van der Waals surface area contributed by atoms with Crippen LogP contribution < -0.4 is 5.48 Å². The third kappa shape index (κ3) is 5.66. The highest BCUT2D eigenvalue weighted by Crippen LogP contribution is 2.39. The molecule has 1 N–H and O–H groups in total. The van der Waals surface area contributed by atoms with Gasteiger partial charge in [0.25, 0.3) is 16.0 Å². The van der Waals surface area contributed by atoms with E-state index in [-0.39, 0.29) is 23.8 Å². The predicted molar refractivity (Wildman–Crippen MR) is 139 cm³/mol. The van der Waals surface area contributed by atoms with Gasteiger partial charge in [-0.25, -0.2) is 14.9 Å². The molecule has 3 aromatic rings. The third-order valence-electron chi connectivity index (χ3n) is 6.04. The Hall–Kier alpha value is -3.34. The molecule has 37 heavy (non-hydrogen) atoms. The maximum absolute atomic E-state index is 14.3. The number of benzene rings is 3. The third-order valence-corrected chi connectivity index (χ3v) is 7.56. The minimum absolute atomic E-state index is 0.0100. The van der Waals surface area contributed by atoms with Gasteiger partial charge in [0.1, 0.15) is 5.82 Å². The highest BCUT2D eigenvalue weighted by molar-refractivity contribution is 7.90. The molecule has 0 fully saturated rings. The SMILES string of the molecule is CONC(=NS(=O)(=O)c1cccc(C)c1)N1CC(CCF)(c2cccc(F)c2)C(c2ccc(Cl)cc2)=N1. The van der Waals surface area contributed by atoms with Crippen molar-refractivity contribution >= 4 is 33.3 Å². The van der Waals surface area contributed by atoms with Crippen molar-refractivity contribution in [3.63, 3.8) is 0 Å². The molecule has 1 aliphatic heterocycles. The standard InChI is InChI=1S/C26H25ClF2N4O3S/c1-18-5-3-8-23(15-18)37(34,35)32-25(31-36-2)33-17-26(13-14-28,20-6-4-7-22(29)16-20)24(30-33)19-9-11-21(27)12-10-19/h3-12,15-16H,13-14,17H2,1-2H3,(H,31,32). The molecule has 194 valence electrons. The number of rotatable bonds is 7. The Balaban J connectivity index is 1.88. The summed E-state index contributed by atoms with van der Waals surface area (Å²) in [5.41, 5.74) is 3.61. The summed E-state index contributed by atoms with van der Waals surface area (Å²) >= 11 is 6.08. The topological polar surface area (TPSA) is 83.4 Å². The van der Waals surface area contributed by atoms with Crippen LogP contribution in [0.1, 0.15) is 23.1 Å². The minimum Gasteiger partial charge on any atom is -0.277 e. The smallest absolute Gasteiger partial charge is 0.277 e. The molecule has 0 radical (unpaired) electrons. The lowest BCUT2D eigenvalue weighted by Crippen LogP contribution is -2.44. The molecule has 7 nitrogen and oxygen atoms in total. The summed E-state index contributed by atoms with van der Waals surface area (Å²) in [5.74, 6) is -0.719. The quantitative estimate of drug-likeness (QED) is 0.256. The first kappa shape index (κ1) is 26.7. The average Bonchev–Trinajstić information content (AvgIpc) is 3.25. The van der Waals surface area contributed by atoms with Crippen molar-refractivity contribution in [1.29, 1.82) is 0 Å². The molecule has 0 spiro atoms. The zero-order chi connectivity index (χ0) is 26.6. The van der Waals surface area contributed by atoms with E-state index < -0.39 is 27.9 Å². The maximum Gasteiger partial charge on any atom is 0.285 e. The van der Waals surface area contributed by atoms with Crippen molar-refractivity contribution in [1.82, 2.24) is 10.5 Å². The molecule has 3 aromatic carbocycles. The molecule has 0 bridgehead atoms. The van der Waals surface area contributed by atoms with Crippen molar-refractivity contribution in [2.75, 3.05) is 20.3 Å². The summed E-state index contributed by atoms with van der Waals surface area (Å²) in [5, 5.41) is 6.45. The highest BCUT2D eigenvalue weighted by atomic mass is 35.5. The van der Waals surface area contributed by atoms with Gasteiger partial charge in [0.2, 0.25) is 0 Å². The van der Waals surface area contributed by atoms with Gasteiger partial charge < -0.3 is 0 Å². The first-order valence-corrected chi connectivity index (χ1v) is 13.2. The van der Waals surface area contributed by atoms with Gasteiger partial charge in [-0.1, -0.05) is 48.0 Å². The van der Waals surface area contributed by atoms with Crippen LogP contribution in [0, 0.1) is 12.7 Å². The summed E-state index contributed by atoms with van der Waals surface area (Å²) in [6.07, 6.45) is -0.0424. The Morgan fingerprint density at radius 2 is 1.89 bits per heavy atom. The van der Waals surface area contributed by atoms with E-state index in [0.717, 1.165) is 5.56 Å². The lowest BCUT2D eigenvalue weighted by atomic mass is 9.72. The maximum atomic E-state index is 14.3. The van der Waals surface area contributed by atoms with E-state index in [0.29, 0.717) is 21.9 Å². The minimum atomic E-state index is -4.17. The van der Waals surface area contributed by atoms with Crippen LogP contribution in [-0.2, 0) is 20.3 Å². The average molecular weight is 547 g/mol. The largest absolute Gasteiger partial charge is 0.285 e. The Labute approximate surface area is 219 Å². The van der Waals surface area contributed by atoms with Gasteiger partial charge in [0.15, 0.2) is 0 Å². The second kappa shape index (κ2) is 11.0. The highest BCUT2D eigenvalue weighted by Gasteiger charge is 2.46. The fourth-order valence-electron chi connectivity index (χ4n) is 4.32. The van der Waals surface area contributed by atoms with Crippen molar-refractivity contribution in [3.8, 4) is 0 Å². The Morgan fingerprint density at radius 1 is 1.16 bits per heavy atom. The van der Waals surface area contributed by atoms with Crippen molar-refractivity contribution in [3.05, 3.63) is 100 Å². The summed E-state index contributed by atoms with van der Waals surface area (Å²) in [6.45, 7) is 1.00. The lowest BCUT2D eigenvalue weighted by molar-refractivity contribution is 0.131. The molecule has 11 heteroatoms. The zero-order valence-corrected chi connectivity index (χ0v) is 21.7. The number of hydrogen-bond donors (Lipinski definition) is 1. The van der Waals surface area contributed by atoms with Gasteiger partial charge in [-0.2, -0.15) is 13.5 Å². The molecule has 1 aliphatic rings. The lowest BCUT2D eigenvalue weighted by Gasteiger charge is -2.31. The normalized spacial score (nSPS) is 18.1. The van der Waals surface area contributed by atoms with E-state index in [9.17, 15) is 17.2 Å². The molecule has 0 saturated heterocycles. The van der Waals surface area contributed by atoms with Crippen LogP contribution in [0.2, 0.25) is 5.02 Å². The second-order valence-electron chi connectivity index (χ2n) is 8.56. The molecule has 0 saturated carbocycles. The van der Waals surface area contributed by atoms with Crippen LogP contribution in [0.15, 0.2) is 87.2 Å². The van der Waals surface area contributed by atoms with Gasteiger partial charge in [-0.05, 0) is 66.4 Å². The Bertz CT molecular complexity index is 1450. The number of hydrogen-bond acceptors (Lipinski definition) is 4. The van der Waals surface area contributed by atoms with E-state index in [1.807, 2.05) is 0 Å². The van der Waals surface area contributed by atoms with Crippen LogP contribution in [-0.4, -0.2) is 45.4 Å². The van der Waals surface area contributed by atoms with Crippen LogP contribution in [0.25, 0.3) is 0 Å². The van der Waals surface area contributed by atoms with Gasteiger partial charge in [0, 0.05) is 5.02 Å². The molecule has 1 atom stereocenters. The monoisotopic (exact) mass is 546 g/mol. The van der Waals surface area contributed by atoms with Crippen molar-refractivity contribution in [2.45, 2.75) is 23.7 Å². The fraction of sp³-hybridized carbons (Fsp3) is 0.231. The molecule has 1 unspecified atom stereocenters. The molecular weight excluding hydrogens is 522 g/mol. The van der Waals surface area contributed by atoms with Gasteiger partial charge in [0.05, 0.1) is 36.4 Å². The molecule has 0 aliphatic carbocycles. The number of alkyl halides is 1. The molecule has 1 heterocycles. The molecular formula is C26H25ClF2N4O3S. The number of guanidine groups is 1. The summed E-state index contributed by atoms with van der Waals surface area (Å²) in [7, 11) is -2.87. The summed E-state index contributed by atoms with van der Waals surface area (Å²) in [6, 6.07) is 18.9. The van der Waals surface area contributed by atoms with Gasteiger partial charge in [-0.15, -0.1) is 4.40 Å². The van der Waals surface area contributed by atoms with E-state index >= 15 is 0 Å². The number of hydrazone groups is 1. The number of nitrogens with one attached hydrogen (secondary N) is 1. The Morgan fingerprint density at radius 3 is 2.54 bits per heavy atom. The van der Waals surface area contributed by atoms with Crippen LogP contribution in [0.5, 0.6) is 0 Å². The van der Waals surface area contributed by atoms with Crippen LogP contribution >= 0.6 is 11.6 Å². The predicted octanol–water partition coefficient (Wildman–Crippen LogP) is 5.00. The number of nitrogens with zero attached hydrogens (tertiary/aromatic N) is 3. The summed E-state index contributed by atoms with van der Waals surface area (Å²) in [4.78, 5) is 5.01. The fourth-order valence-corrected chi connectivity index (χ4v) is 5.49. The summed E-state index contributed by atoms with van der Waals surface area (Å²) < 4.78 is 58.6. The number of aryl methyl sites for hydroxylation is 1. The van der Waals surface area contributed by atoms with E-state index in [1.165, 1.54) is 42.5 Å². The van der Waals surface area contributed by atoms with Crippen molar-refractivity contribution in [2.24, 2.45) is 9.50 Å². The molecule has 4 rings (SSSR count). The second-order valence-corrected chi connectivity index (χ2v) is 10.6. The first-order chi connectivity index (χ1) is 17.7. The molecule has 0 aromatic heterocycles. The first-order valence-electron chi connectivity index (χ1n) is 11.3. The van der Waals surface area contributed by atoms with Crippen molar-refractivity contribution < 1.29 is 22.0 Å².